The van der Waals surface area contributed by atoms with Crippen molar-refractivity contribution in [2.45, 2.75) is 20.0 Å². The Morgan fingerprint density at radius 1 is 1.12 bits per heavy atom. The van der Waals surface area contributed by atoms with Gasteiger partial charge < -0.3 is 14.7 Å². The van der Waals surface area contributed by atoms with Gasteiger partial charge in [0.25, 0.3) is 0 Å². The molecule has 1 unspecified atom stereocenters. The number of hydrogen-bond acceptors (Lipinski definition) is 5. The van der Waals surface area contributed by atoms with Crippen LogP contribution in [0, 0.1) is 13.8 Å². The van der Waals surface area contributed by atoms with Gasteiger partial charge in [0, 0.05) is 48.2 Å². The van der Waals surface area contributed by atoms with Gasteiger partial charge in [0.2, 0.25) is 0 Å². The second kappa shape index (κ2) is 7.55. The maximum absolute atomic E-state index is 10.5. The molecule has 0 radical (unpaired) electrons. The first-order valence-corrected chi connectivity index (χ1v) is 9.25. The lowest BCUT2D eigenvalue weighted by molar-refractivity contribution is 0.109. The average molecular weight is 346 g/mol. The number of aliphatic hydroxyl groups excluding tert-OH is 1. The minimum atomic E-state index is -0.387. The third-order valence-corrected chi connectivity index (χ3v) is 5.66. The Morgan fingerprint density at radius 3 is 2.33 bits per heavy atom. The number of ether oxygens (including phenoxy) is 1. The molecule has 3 rings (SSSR count). The van der Waals surface area contributed by atoms with Crippen molar-refractivity contribution < 1.29 is 9.84 Å². The molecule has 0 aliphatic carbocycles. The molecule has 0 amide bonds. The van der Waals surface area contributed by atoms with Crippen LogP contribution in [0.25, 0.3) is 0 Å². The highest BCUT2D eigenvalue weighted by Gasteiger charge is 2.21. The number of benzene rings is 1. The van der Waals surface area contributed by atoms with E-state index < -0.39 is 0 Å². The molecule has 1 aliphatic heterocycles. The Balaban J connectivity index is 1.54. The highest BCUT2D eigenvalue weighted by Crippen LogP contribution is 2.27. The van der Waals surface area contributed by atoms with Crippen molar-refractivity contribution in [1.29, 1.82) is 0 Å². The van der Waals surface area contributed by atoms with Crippen molar-refractivity contribution >= 4 is 17.0 Å². The van der Waals surface area contributed by atoms with E-state index in [1.165, 1.54) is 15.4 Å². The number of thiophene rings is 1. The van der Waals surface area contributed by atoms with Gasteiger partial charge in [-0.25, -0.2) is 0 Å². The summed E-state index contributed by atoms with van der Waals surface area (Å²) >= 11 is 1.76. The zero-order valence-corrected chi connectivity index (χ0v) is 15.5. The summed E-state index contributed by atoms with van der Waals surface area (Å²) in [6.45, 7) is 8.84. The van der Waals surface area contributed by atoms with Crippen LogP contribution >= 0.6 is 11.3 Å². The molecule has 1 fully saturated rings. The van der Waals surface area contributed by atoms with E-state index >= 15 is 0 Å². The van der Waals surface area contributed by atoms with Crippen LogP contribution in [0.4, 0.5) is 5.69 Å². The van der Waals surface area contributed by atoms with Crippen LogP contribution < -0.4 is 9.64 Å². The number of methoxy groups -OCH3 is 1. The first-order valence-electron chi connectivity index (χ1n) is 8.43. The van der Waals surface area contributed by atoms with Gasteiger partial charge >= 0.3 is 0 Å². The van der Waals surface area contributed by atoms with Crippen molar-refractivity contribution in [3.05, 3.63) is 45.6 Å². The van der Waals surface area contributed by atoms with Crippen molar-refractivity contribution in [2.24, 2.45) is 0 Å². The molecule has 130 valence electrons. The monoisotopic (exact) mass is 346 g/mol. The van der Waals surface area contributed by atoms with Gasteiger partial charge in [-0.2, -0.15) is 0 Å². The molecule has 5 heteroatoms. The lowest BCUT2D eigenvalue weighted by Crippen LogP contribution is -2.47. The fourth-order valence-corrected chi connectivity index (χ4v) is 4.29. The predicted octanol–water partition coefficient (Wildman–Crippen LogP) is 3.23. The Hall–Kier alpha value is -1.56. The maximum atomic E-state index is 10.5. The van der Waals surface area contributed by atoms with E-state index in [1.807, 2.05) is 12.1 Å². The summed E-state index contributed by atoms with van der Waals surface area (Å²) in [4.78, 5) is 7.25. The van der Waals surface area contributed by atoms with Crippen LogP contribution in [0.5, 0.6) is 5.75 Å². The average Bonchev–Trinajstić information content (AvgIpc) is 2.94. The van der Waals surface area contributed by atoms with Gasteiger partial charge in [-0.1, -0.05) is 0 Å². The van der Waals surface area contributed by atoms with E-state index in [-0.39, 0.29) is 6.10 Å². The molecule has 2 heterocycles. The molecule has 0 bridgehead atoms. The molecule has 1 aromatic carbocycles. The molecular weight excluding hydrogens is 320 g/mol. The summed E-state index contributed by atoms with van der Waals surface area (Å²) in [7, 11) is 1.69. The number of aryl methyl sites for hydroxylation is 2. The molecule has 1 aromatic heterocycles. The molecule has 0 spiro atoms. The van der Waals surface area contributed by atoms with Crippen LogP contribution in [0.15, 0.2) is 30.3 Å². The highest BCUT2D eigenvalue weighted by molar-refractivity contribution is 7.12. The zero-order valence-electron chi connectivity index (χ0n) is 14.7. The van der Waals surface area contributed by atoms with E-state index in [0.717, 1.165) is 37.5 Å². The van der Waals surface area contributed by atoms with Gasteiger partial charge in [-0.05, 0) is 49.7 Å². The van der Waals surface area contributed by atoms with E-state index in [9.17, 15) is 5.11 Å². The second-order valence-electron chi connectivity index (χ2n) is 6.37. The lowest BCUT2D eigenvalue weighted by Gasteiger charge is -2.37. The van der Waals surface area contributed by atoms with E-state index in [2.05, 4.69) is 41.8 Å². The standard InChI is InChI=1S/C19H26N2O2S/c1-14-12-18(15(2)24-14)19(22)13-20-8-10-21(11-9-20)16-4-6-17(23-3)7-5-16/h4-7,12,19,22H,8-11,13H2,1-3H3. The number of rotatable bonds is 5. The van der Waals surface area contributed by atoms with Crippen LogP contribution in [0.3, 0.4) is 0 Å². The van der Waals surface area contributed by atoms with E-state index in [1.54, 1.807) is 18.4 Å². The van der Waals surface area contributed by atoms with Crippen molar-refractivity contribution in [3.63, 3.8) is 0 Å². The highest BCUT2D eigenvalue weighted by atomic mass is 32.1. The van der Waals surface area contributed by atoms with Gasteiger partial charge in [-0.3, -0.25) is 4.90 Å². The third-order valence-electron chi connectivity index (χ3n) is 4.68. The molecule has 24 heavy (non-hydrogen) atoms. The van der Waals surface area contributed by atoms with E-state index in [0.29, 0.717) is 6.54 Å². The summed E-state index contributed by atoms with van der Waals surface area (Å²) in [6, 6.07) is 10.4. The third kappa shape index (κ3) is 3.91. The predicted molar refractivity (Wildman–Crippen MR) is 100 cm³/mol. The topological polar surface area (TPSA) is 35.9 Å². The Bertz CT molecular complexity index is 661. The lowest BCUT2D eigenvalue weighted by atomic mass is 10.1. The van der Waals surface area contributed by atoms with Gasteiger partial charge in [0.05, 0.1) is 13.2 Å². The fourth-order valence-electron chi connectivity index (χ4n) is 3.31. The Kier molecular flexibility index (Phi) is 5.43. The molecule has 1 aliphatic rings. The first kappa shape index (κ1) is 17.3. The first-order chi connectivity index (χ1) is 11.6. The normalized spacial score (nSPS) is 17.1. The SMILES string of the molecule is COc1ccc(N2CCN(CC(O)c3cc(C)sc3C)CC2)cc1. The molecular formula is C19H26N2O2S. The molecule has 1 atom stereocenters. The van der Waals surface area contributed by atoms with Crippen LogP contribution in [0.1, 0.15) is 21.4 Å². The van der Waals surface area contributed by atoms with E-state index in [4.69, 9.17) is 4.74 Å². The van der Waals surface area contributed by atoms with Gasteiger partial charge in [0.1, 0.15) is 5.75 Å². The number of piperazine rings is 1. The number of anilines is 1. The summed E-state index contributed by atoms with van der Waals surface area (Å²) in [5.74, 6) is 0.891. The fraction of sp³-hybridized carbons (Fsp3) is 0.474. The number of aliphatic hydroxyl groups is 1. The van der Waals surface area contributed by atoms with Crippen molar-refractivity contribution in [3.8, 4) is 5.75 Å². The molecule has 1 N–H and O–H groups in total. The minimum absolute atomic E-state index is 0.387. The molecule has 0 saturated carbocycles. The zero-order chi connectivity index (χ0) is 17.1. The van der Waals surface area contributed by atoms with Gasteiger partial charge in [-0.15, -0.1) is 11.3 Å². The number of β-amino-alcohol motifs (C(OH)–C–C–N with tert-alkyl or cyclic N) is 1. The molecule has 4 nitrogen and oxygen atoms in total. The second-order valence-corrected chi connectivity index (χ2v) is 7.83. The smallest absolute Gasteiger partial charge is 0.119 e. The van der Waals surface area contributed by atoms with Crippen LogP contribution in [-0.4, -0.2) is 49.8 Å². The van der Waals surface area contributed by atoms with Gasteiger partial charge in [0.15, 0.2) is 0 Å². The minimum Gasteiger partial charge on any atom is -0.497 e. The van der Waals surface area contributed by atoms with Crippen molar-refractivity contribution in [2.75, 3.05) is 44.7 Å². The summed E-state index contributed by atoms with van der Waals surface area (Å²) in [5, 5.41) is 10.5. The number of hydrogen-bond donors (Lipinski definition) is 1. The summed E-state index contributed by atoms with van der Waals surface area (Å²) in [5.41, 5.74) is 2.33. The summed E-state index contributed by atoms with van der Waals surface area (Å²) < 4.78 is 5.22. The van der Waals surface area contributed by atoms with Crippen molar-refractivity contribution in [1.82, 2.24) is 4.90 Å². The molecule has 2 aromatic rings. The van der Waals surface area contributed by atoms with Crippen LogP contribution in [-0.2, 0) is 0 Å². The number of nitrogens with zero attached hydrogens (tertiary/aromatic N) is 2. The quantitative estimate of drug-likeness (QED) is 0.902. The molecule has 1 saturated heterocycles. The van der Waals surface area contributed by atoms with Crippen LogP contribution in [0.2, 0.25) is 0 Å². The maximum Gasteiger partial charge on any atom is 0.119 e. The Morgan fingerprint density at radius 2 is 1.79 bits per heavy atom. The largest absolute Gasteiger partial charge is 0.497 e. The Labute approximate surface area is 148 Å². The summed E-state index contributed by atoms with van der Waals surface area (Å²) in [6.07, 6.45) is -0.387.